The summed E-state index contributed by atoms with van der Waals surface area (Å²) >= 11 is 0. The van der Waals surface area contributed by atoms with Gasteiger partial charge in [-0.15, -0.1) is 0 Å². The second-order valence-corrected chi connectivity index (χ2v) is 9.79. The second-order valence-electron chi connectivity index (χ2n) is 9.79. The molecule has 0 aliphatic rings. The zero-order chi connectivity index (χ0) is 25.0. The van der Waals surface area contributed by atoms with Crippen LogP contribution in [-0.4, -0.2) is 16.0 Å². The molecule has 4 rings (SSSR count). The van der Waals surface area contributed by atoms with E-state index in [0.717, 1.165) is 17.7 Å². The van der Waals surface area contributed by atoms with Crippen molar-refractivity contribution in [2.24, 2.45) is 0 Å². The molecule has 3 aromatic carbocycles. The highest BCUT2D eigenvalue weighted by atomic mass is 16.2. The first-order valence-electron chi connectivity index (χ1n) is 12.1. The number of nitrogens with one attached hydrogen (secondary N) is 2. The number of aromatic nitrogens is 1. The zero-order valence-corrected chi connectivity index (χ0v) is 20.8. The largest absolute Gasteiger partial charge is 0.345 e. The first-order valence-corrected chi connectivity index (χ1v) is 12.1. The number of carbonyl (C=O) groups is 1. The molecule has 1 atom stereocenters. The van der Waals surface area contributed by atoms with Crippen molar-refractivity contribution < 1.29 is 4.79 Å². The molecule has 1 aromatic heterocycles. The molecule has 2 N–H and O–H groups in total. The second kappa shape index (κ2) is 10.3. The number of amides is 1. The van der Waals surface area contributed by atoms with E-state index in [1.54, 1.807) is 10.6 Å². The van der Waals surface area contributed by atoms with E-state index >= 15 is 0 Å². The summed E-state index contributed by atoms with van der Waals surface area (Å²) in [4.78, 5) is 27.7. The van der Waals surface area contributed by atoms with E-state index in [2.05, 4.69) is 38.3 Å². The van der Waals surface area contributed by atoms with Gasteiger partial charge in [-0.3, -0.25) is 14.2 Å². The molecule has 0 aliphatic carbocycles. The number of carbonyl (C=O) groups excluding carboxylic acids is 1. The fraction of sp³-hybridized carbons (Fsp3) is 0.267. The molecule has 1 heterocycles. The molecule has 0 saturated heterocycles. The zero-order valence-electron chi connectivity index (χ0n) is 20.8. The van der Waals surface area contributed by atoms with Gasteiger partial charge >= 0.3 is 0 Å². The van der Waals surface area contributed by atoms with Crippen LogP contribution in [-0.2, 0) is 6.54 Å². The number of rotatable bonds is 7. The fourth-order valence-corrected chi connectivity index (χ4v) is 4.35. The van der Waals surface area contributed by atoms with Gasteiger partial charge in [0.05, 0.1) is 17.3 Å². The molecule has 0 spiro atoms. The van der Waals surface area contributed by atoms with Crippen LogP contribution in [0.1, 0.15) is 61.8 Å². The van der Waals surface area contributed by atoms with Crippen molar-refractivity contribution in [1.82, 2.24) is 15.2 Å². The van der Waals surface area contributed by atoms with Crippen LogP contribution in [0.2, 0.25) is 0 Å². The van der Waals surface area contributed by atoms with Gasteiger partial charge in [-0.1, -0.05) is 73.7 Å². The van der Waals surface area contributed by atoms with Crippen LogP contribution >= 0.6 is 0 Å². The van der Waals surface area contributed by atoms with Gasteiger partial charge < -0.3 is 10.6 Å². The lowest BCUT2D eigenvalue weighted by atomic mass is 9.99. The van der Waals surface area contributed by atoms with Crippen molar-refractivity contribution in [2.75, 3.05) is 0 Å². The van der Waals surface area contributed by atoms with Crippen molar-refractivity contribution in [3.05, 3.63) is 112 Å². The molecule has 1 amide bonds. The highest BCUT2D eigenvalue weighted by Crippen LogP contribution is 2.25. The Kier molecular flexibility index (Phi) is 7.17. The summed E-state index contributed by atoms with van der Waals surface area (Å²) in [5.74, 6) is -0.188. The normalized spacial score (nSPS) is 12.5. The van der Waals surface area contributed by atoms with Crippen LogP contribution < -0.4 is 16.2 Å². The van der Waals surface area contributed by atoms with Gasteiger partial charge in [0.2, 0.25) is 0 Å². The SMILES string of the molecule is CC[C@H](NC(=O)c1c(CNC(C)(C)C)n(-c2ccccc2)c(=O)c2ccccc12)c1ccccc1. The minimum absolute atomic E-state index is 0.135. The van der Waals surface area contributed by atoms with Crippen molar-refractivity contribution >= 4 is 16.7 Å². The van der Waals surface area contributed by atoms with Gasteiger partial charge in [0.1, 0.15) is 0 Å². The molecule has 5 nitrogen and oxygen atoms in total. The maximum absolute atomic E-state index is 14.0. The average Bonchev–Trinajstić information content (AvgIpc) is 2.86. The van der Waals surface area contributed by atoms with E-state index in [9.17, 15) is 9.59 Å². The fourth-order valence-electron chi connectivity index (χ4n) is 4.35. The maximum atomic E-state index is 14.0. The molecule has 0 unspecified atom stereocenters. The summed E-state index contributed by atoms with van der Waals surface area (Å²) in [5.41, 5.74) is 2.62. The van der Waals surface area contributed by atoms with Gasteiger partial charge in [-0.25, -0.2) is 0 Å². The standard InChI is InChI=1S/C30H33N3O2/c1-5-25(21-14-8-6-9-15-21)32-28(34)27-23-18-12-13-19-24(23)29(35)33(22-16-10-7-11-17-22)26(27)20-31-30(2,3)4/h6-19,25,31H,5,20H2,1-4H3,(H,32,34)/t25-/m0/s1. The number of nitrogens with zero attached hydrogens (tertiary/aromatic N) is 1. The molecular formula is C30H33N3O2. The minimum atomic E-state index is -0.201. The summed E-state index contributed by atoms with van der Waals surface area (Å²) < 4.78 is 1.68. The average molecular weight is 468 g/mol. The van der Waals surface area contributed by atoms with Crippen LogP contribution in [0.4, 0.5) is 0 Å². The Morgan fingerprint density at radius 1 is 0.857 bits per heavy atom. The third-order valence-corrected chi connectivity index (χ3v) is 6.13. The van der Waals surface area contributed by atoms with E-state index in [0.29, 0.717) is 28.6 Å². The summed E-state index contributed by atoms with van der Waals surface area (Å²) in [6.45, 7) is 8.64. The number of benzene rings is 3. The molecule has 0 aliphatic heterocycles. The number of fused-ring (bicyclic) bond motifs is 1. The van der Waals surface area contributed by atoms with Crippen molar-refractivity contribution in [3.63, 3.8) is 0 Å². The van der Waals surface area contributed by atoms with Gasteiger partial charge in [0, 0.05) is 28.5 Å². The van der Waals surface area contributed by atoms with Gasteiger partial charge in [-0.05, 0) is 51.0 Å². The van der Waals surface area contributed by atoms with Crippen molar-refractivity contribution in [1.29, 1.82) is 0 Å². The summed E-state index contributed by atoms with van der Waals surface area (Å²) in [7, 11) is 0. The third-order valence-electron chi connectivity index (χ3n) is 6.13. The quantitative estimate of drug-likeness (QED) is 0.363. The predicted molar refractivity (Wildman–Crippen MR) is 143 cm³/mol. The molecule has 5 heteroatoms. The van der Waals surface area contributed by atoms with E-state index in [4.69, 9.17) is 0 Å². The molecule has 0 saturated carbocycles. The predicted octanol–water partition coefficient (Wildman–Crippen LogP) is 5.76. The van der Waals surface area contributed by atoms with Crippen LogP contribution in [0.15, 0.2) is 89.7 Å². The lowest BCUT2D eigenvalue weighted by Crippen LogP contribution is -2.39. The first kappa shape index (κ1) is 24.4. The Hall–Kier alpha value is -3.70. The molecule has 0 radical (unpaired) electrons. The Labute approximate surface area is 206 Å². The maximum Gasteiger partial charge on any atom is 0.263 e. The monoisotopic (exact) mass is 467 g/mol. The molecular weight excluding hydrogens is 434 g/mol. The molecule has 0 bridgehead atoms. The smallest absolute Gasteiger partial charge is 0.263 e. The van der Waals surface area contributed by atoms with Gasteiger partial charge in [-0.2, -0.15) is 0 Å². The van der Waals surface area contributed by atoms with E-state index < -0.39 is 0 Å². The minimum Gasteiger partial charge on any atom is -0.345 e. The van der Waals surface area contributed by atoms with Gasteiger partial charge in [0.15, 0.2) is 0 Å². The highest BCUT2D eigenvalue weighted by Gasteiger charge is 2.25. The summed E-state index contributed by atoms with van der Waals surface area (Å²) in [6.07, 6.45) is 0.752. The third kappa shape index (κ3) is 5.36. The van der Waals surface area contributed by atoms with Crippen molar-refractivity contribution in [2.45, 2.75) is 52.2 Å². The first-order chi connectivity index (χ1) is 16.8. The molecule has 35 heavy (non-hydrogen) atoms. The Morgan fingerprint density at radius 3 is 2.03 bits per heavy atom. The highest BCUT2D eigenvalue weighted by molar-refractivity contribution is 6.08. The number of hydrogen-bond acceptors (Lipinski definition) is 3. The van der Waals surface area contributed by atoms with Crippen LogP contribution in [0.25, 0.3) is 16.5 Å². The topological polar surface area (TPSA) is 63.1 Å². The van der Waals surface area contributed by atoms with Crippen LogP contribution in [0, 0.1) is 0 Å². The summed E-state index contributed by atoms with van der Waals surface area (Å²) in [5, 5.41) is 7.92. The van der Waals surface area contributed by atoms with E-state index in [1.165, 1.54) is 0 Å². The van der Waals surface area contributed by atoms with E-state index in [1.807, 2.05) is 78.9 Å². The number of hydrogen-bond donors (Lipinski definition) is 2. The van der Waals surface area contributed by atoms with E-state index in [-0.39, 0.29) is 23.0 Å². The lowest BCUT2D eigenvalue weighted by Gasteiger charge is -2.26. The molecule has 180 valence electrons. The summed E-state index contributed by atoms with van der Waals surface area (Å²) in [6, 6.07) is 26.7. The Morgan fingerprint density at radius 2 is 1.43 bits per heavy atom. The molecule has 0 fully saturated rings. The van der Waals surface area contributed by atoms with Crippen molar-refractivity contribution in [3.8, 4) is 5.69 Å². The lowest BCUT2D eigenvalue weighted by molar-refractivity contribution is 0.0935. The molecule has 4 aromatic rings. The van der Waals surface area contributed by atoms with Crippen LogP contribution in [0.5, 0.6) is 0 Å². The Balaban J connectivity index is 1.94. The Bertz CT molecular complexity index is 1370. The number of pyridine rings is 1. The van der Waals surface area contributed by atoms with Gasteiger partial charge in [0.25, 0.3) is 11.5 Å². The van der Waals surface area contributed by atoms with Crippen LogP contribution in [0.3, 0.4) is 0 Å². The number of para-hydroxylation sites is 1.